The number of hydrogen-bond acceptors (Lipinski definition) is 3. The molecular formula is C16H20FN3. The van der Waals surface area contributed by atoms with Crippen molar-refractivity contribution in [3.05, 3.63) is 36.1 Å². The highest BCUT2D eigenvalue weighted by Gasteiger charge is 2.20. The maximum absolute atomic E-state index is 13.8. The molecule has 106 valence electrons. The van der Waals surface area contributed by atoms with Crippen molar-refractivity contribution < 1.29 is 4.39 Å². The van der Waals surface area contributed by atoms with Crippen molar-refractivity contribution >= 4 is 16.7 Å². The Morgan fingerprint density at radius 3 is 2.50 bits per heavy atom. The Morgan fingerprint density at radius 1 is 1.05 bits per heavy atom. The van der Waals surface area contributed by atoms with Gasteiger partial charge in [0.1, 0.15) is 17.2 Å². The normalized spacial score (nSPS) is 17.1. The number of aromatic nitrogens is 1. The smallest absolute Gasteiger partial charge is 0.149 e. The van der Waals surface area contributed by atoms with Crippen molar-refractivity contribution in [1.82, 2.24) is 9.88 Å². The number of nitrogens with zero attached hydrogens (tertiary/aromatic N) is 3. The second-order valence-corrected chi connectivity index (χ2v) is 5.60. The van der Waals surface area contributed by atoms with E-state index in [4.69, 9.17) is 0 Å². The van der Waals surface area contributed by atoms with Crippen molar-refractivity contribution in [1.29, 1.82) is 0 Å². The van der Waals surface area contributed by atoms with Crippen LogP contribution in [0.4, 0.5) is 10.2 Å². The number of hydrogen-bond donors (Lipinski definition) is 0. The van der Waals surface area contributed by atoms with Crippen LogP contribution in [-0.2, 0) is 0 Å². The van der Waals surface area contributed by atoms with Gasteiger partial charge in [-0.2, -0.15) is 0 Å². The molecule has 3 nitrogen and oxygen atoms in total. The molecule has 0 unspecified atom stereocenters. The van der Waals surface area contributed by atoms with E-state index in [-0.39, 0.29) is 5.82 Å². The van der Waals surface area contributed by atoms with Gasteiger partial charge in [-0.05, 0) is 32.0 Å². The number of pyridine rings is 1. The van der Waals surface area contributed by atoms with Gasteiger partial charge in [0.15, 0.2) is 0 Å². The van der Waals surface area contributed by atoms with Crippen molar-refractivity contribution in [2.45, 2.75) is 19.9 Å². The van der Waals surface area contributed by atoms with Crippen LogP contribution in [0, 0.1) is 5.82 Å². The molecule has 0 N–H and O–H groups in total. The molecule has 0 spiro atoms. The number of halogens is 1. The molecule has 4 heteroatoms. The average molecular weight is 273 g/mol. The van der Waals surface area contributed by atoms with E-state index >= 15 is 0 Å². The lowest BCUT2D eigenvalue weighted by atomic mass is 10.2. The molecule has 2 aromatic rings. The standard InChI is InChI=1S/C16H20FN3/c1-12(2)19-8-10-20(11-9-19)15-7-6-13-4-3-5-14(17)16(13)18-15/h3-7,12H,8-11H2,1-2H3. The summed E-state index contributed by atoms with van der Waals surface area (Å²) in [7, 11) is 0. The molecule has 3 rings (SSSR count). The third-order valence-corrected chi connectivity index (χ3v) is 4.02. The van der Waals surface area contributed by atoms with Crippen LogP contribution in [0.5, 0.6) is 0 Å². The molecule has 1 aromatic carbocycles. The minimum Gasteiger partial charge on any atom is -0.354 e. The molecule has 20 heavy (non-hydrogen) atoms. The largest absolute Gasteiger partial charge is 0.354 e. The molecule has 0 atom stereocenters. The van der Waals surface area contributed by atoms with E-state index in [1.165, 1.54) is 6.07 Å². The molecule has 0 saturated carbocycles. The van der Waals surface area contributed by atoms with Gasteiger partial charge < -0.3 is 4.90 Å². The van der Waals surface area contributed by atoms with E-state index in [0.717, 1.165) is 37.4 Å². The molecule has 1 saturated heterocycles. The van der Waals surface area contributed by atoms with Gasteiger partial charge >= 0.3 is 0 Å². The number of rotatable bonds is 2. The summed E-state index contributed by atoms with van der Waals surface area (Å²) < 4.78 is 13.8. The lowest BCUT2D eigenvalue weighted by Gasteiger charge is -2.37. The van der Waals surface area contributed by atoms with Crippen molar-refractivity contribution in [3.63, 3.8) is 0 Å². The number of anilines is 1. The van der Waals surface area contributed by atoms with Crippen molar-refractivity contribution in [2.24, 2.45) is 0 Å². The molecule has 0 radical (unpaired) electrons. The van der Waals surface area contributed by atoms with E-state index in [1.54, 1.807) is 6.07 Å². The first kappa shape index (κ1) is 13.3. The van der Waals surface area contributed by atoms with E-state index in [0.29, 0.717) is 11.6 Å². The second-order valence-electron chi connectivity index (χ2n) is 5.60. The van der Waals surface area contributed by atoms with Gasteiger partial charge in [-0.25, -0.2) is 9.37 Å². The van der Waals surface area contributed by atoms with Gasteiger partial charge in [0, 0.05) is 37.6 Å². The predicted octanol–water partition coefficient (Wildman–Crippen LogP) is 2.90. The fourth-order valence-electron chi connectivity index (χ4n) is 2.74. The summed E-state index contributed by atoms with van der Waals surface area (Å²) in [5.41, 5.74) is 0.469. The van der Waals surface area contributed by atoms with E-state index in [9.17, 15) is 4.39 Å². The summed E-state index contributed by atoms with van der Waals surface area (Å²) in [5.74, 6) is 0.635. The number of benzene rings is 1. The fraction of sp³-hybridized carbons (Fsp3) is 0.438. The van der Waals surface area contributed by atoms with Crippen LogP contribution in [-0.4, -0.2) is 42.1 Å². The summed E-state index contributed by atoms with van der Waals surface area (Å²) in [5, 5.41) is 0.856. The van der Waals surface area contributed by atoms with Crippen LogP contribution in [0.3, 0.4) is 0 Å². The lowest BCUT2D eigenvalue weighted by Crippen LogP contribution is -2.49. The van der Waals surface area contributed by atoms with Gasteiger partial charge in [-0.1, -0.05) is 12.1 Å². The average Bonchev–Trinajstić information content (AvgIpc) is 2.47. The minimum atomic E-state index is -0.245. The Labute approximate surface area is 119 Å². The Kier molecular flexibility index (Phi) is 3.57. The Balaban J connectivity index is 1.83. The minimum absolute atomic E-state index is 0.245. The molecule has 0 bridgehead atoms. The van der Waals surface area contributed by atoms with E-state index in [2.05, 4.69) is 28.6 Å². The first-order valence-corrected chi connectivity index (χ1v) is 7.19. The van der Waals surface area contributed by atoms with Gasteiger partial charge in [0.05, 0.1) is 0 Å². The van der Waals surface area contributed by atoms with Gasteiger partial charge in [-0.15, -0.1) is 0 Å². The number of para-hydroxylation sites is 1. The number of piperazine rings is 1. The van der Waals surface area contributed by atoms with Gasteiger partial charge in [0.25, 0.3) is 0 Å². The first-order chi connectivity index (χ1) is 9.65. The first-order valence-electron chi connectivity index (χ1n) is 7.19. The second kappa shape index (κ2) is 5.37. The highest BCUT2D eigenvalue weighted by Crippen LogP contribution is 2.21. The highest BCUT2D eigenvalue weighted by atomic mass is 19.1. The quantitative estimate of drug-likeness (QED) is 0.838. The van der Waals surface area contributed by atoms with Crippen LogP contribution < -0.4 is 4.90 Å². The third kappa shape index (κ3) is 2.48. The summed E-state index contributed by atoms with van der Waals surface area (Å²) in [6.45, 7) is 8.41. The molecule has 1 aliphatic rings. The van der Waals surface area contributed by atoms with Crippen LogP contribution in [0.15, 0.2) is 30.3 Å². The molecule has 1 aliphatic heterocycles. The van der Waals surface area contributed by atoms with Crippen molar-refractivity contribution in [3.8, 4) is 0 Å². The summed E-state index contributed by atoms with van der Waals surface area (Å²) in [6.07, 6.45) is 0. The van der Waals surface area contributed by atoms with Crippen LogP contribution in [0.2, 0.25) is 0 Å². The Bertz CT molecular complexity index is 604. The zero-order chi connectivity index (χ0) is 14.1. The highest BCUT2D eigenvalue weighted by molar-refractivity contribution is 5.80. The van der Waals surface area contributed by atoms with Crippen LogP contribution >= 0.6 is 0 Å². The molecule has 1 aromatic heterocycles. The predicted molar refractivity (Wildman–Crippen MR) is 80.6 cm³/mol. The zero-order valence-electron chi connectivity index (χ0n) is 12.0. The molecule has 0 aliphatic carbocycles. The summed E-state index contributed by atoms with van der Waals surface area (Å²) >= 11 is 0. The zero-order valence-corrected chi connectivity index (χ0v) is 12.0. The Hall–Kier alpha value is -1.68. The molecule has 0 amide bonds. The maximum Gasteiger partial charge on any atom is 0.149 e. The van der Waals surface area contributed by atoms with E-state index < -0.39 is 0 Å². The molecular weight excluding hydrogens is 253 g/mol. The molecule has 1 fully saturated rings. The SMILES string of the molecule is CC(C)N1CCN(c2ccc3cccc(F)c3n2)CC1. The van der Waals surface area contributed by atoms with Crippen LogP contribution in [0.25, 0.3) is 10.9 Å². The maximum atomic E-state index is 13.8. The monoisotopic (exact) mass is 273 g/mol. The van der Waals surface area contributed by atoms with Gasteiger partial charge in [-0.3, -0.25) is 4.90 Å². The molecule has 2 heterocycles. The van der Waals surface area contributed by atoms with Crippen LogP contribution in [0.1, 0.15) is 13.8 Å². The third-order valence-electron chi connectivity index (χ3n) is 4.02. The Morgan fingerprint density at radius 2 is 1.80 bits per heavy atom. The lowest BCUT2D eigenvalue weighted by molar-refractivity contribution is 0.209. The number of fused-ring (bicyclic) bond motifs is 1. The fourth-order valence-corrected chi connectivity index (χ4v) is 2.74. The van der Waals surface area contributed by atoms with Gasteiger partial charge in [0.2, 0.25) is 0 Å². The summed E-state index contributed by atoms with van der Waals surface area (Å²) in [6, 6.07) is 9.61. The topological polar surface area (TPSA) is 19.4 Å². The summed E-state index contributed by atoms with van der Waals surface area (Å²) in [4.78, 5) is 9.20. The van der Waals surface area contributed by atoms with Crippen molar-refractivity contribution in [2.75, 3.05) is 31.1 Å². The van der Waals surface area contributed by atoms with E-state index in [1.807, 2.05) is 18.2 Å².